The molecule has 0 amide bonds. The van der Waals surface area contributed by atoms with E-state index < -0.39 is 29.0 Å². The van der Waals surface area contributed by atoms with Gasteiger partial charge < -0.3 is 25.5 Å². The number of carbonyl (C=O) groups is 1. The molecule has 0 aromatic heterocycles. The van der Waals surface area contributed by atoms with Gasteiger partial charge in [-0.15, -0.1) is 0 Å². The van der Waals surface area contributed by atoms with Gasteiger partial charge in [0, 0.05) is 17.9 Å². The van der Waals surface area contributed by atoms with Crippen LogP contribution < -0.4 is 0 Å². The van der Waals surface area contributed by atoms with E-state index in [-0.39, 0.29) is 52.6 Å². The molecule has 5 rings (SSSR count). The van der Waals surface area contributed by atoms with Gasteiger partial charge in [0.15, 0.2) is 0 Å². The van der Waals surface area contributed by atoms with Crippen molar-refractivity contribution in [2.75, 3.05) is 13.2 Å². The van der Waals surface area contributed by atoms with Crippen LogP contribution >= 0.6 is 0 Å². The number of fused-ring (bicyclic) bond motifs is 7. The molecule has 0 aliphatic heterocycles. The Hall–Kier alpha value is -0.950. The number of aliphatic hydroxyl groups is 4. The minimum atomic E-state index is -0.825. The number of carboxylic acids is 1. The third kappa shape index (κ3) is 3.08. The highest BCUT2D eigenvalue weighted by atomic mass is 16.4. The lowest BCUT2D eigenvalue weighted by Gasteiger charge is -2.71. The molecule has 5 aliphatic carbocycles. The first-order chi connectivity index (χ1) is 16.7. The number of hydrogen-bond donors (Lipinski definition) is 5. The fraction of sp³-hybridized carbons (Fsp3) is 0.900. The predicted octanol–water partition coefficient (Wildman–Crippen LogP) is 4.15. The van der Waals surface area contributed by atoms with Gasteiger partial charge in [0.1, 0.15) is 0 Å². The minimum Gasteiger partial charge on any atom is -0.481 e. The third-order valence-electron chi connectivity index (χ3n) is 13.4. The van der Waals surface area contributed by atoms with Gasteiger partial charge in [-0.05, 0) is 91.3 Å². The lowest BCUT2D eigenvalue weighted by molar-refractivity contribution is -0.235. The normalized spacial score (nSPS) is 56.5. The van der Waals surface area contributed by atoms with Gasteiger partial charge >= 0.3 is 5.97 Å². The molecule has 204 valence electrons. The first kappa shape index (κ1) is 26.6. The average molecular weight is 505 g/mol. The predicted molar refractivity (Wildman–Crippen MR) is 137 cm³/mol. The topological polar surface area (TPSA) is 118 Å². The van der Waals surface area contributed by atoms with Crippen molar-refractivity contribution < 1.29 is 30.3 Å². The summed E-state index contributed by atoms with van der Waals surface area (Å²) in [5.74, 6) is -0.832. The first-order valence-electron chi connectivity index (χ1n) is 14.2. The van der Waals surface area contributed by atoms with Crippen molar-refractivity contribution in [2.45, 2.75) is 105 Å². The summed E-state index contributed by atoms with van der Waals surface area (Å²) in [6.07, 6.45) is 7.34. The van der Waals surface area contributed by atoms with E-state index in [2.05, 4.69) is 27.7 Å². The van der Waals surface area contributed by atoms with E-state index in [0.29, 0.717) is 32.1 Å². The lowest BCUT2D eigenvalue weighted by Crippen LogP contribution is -2.68. The van der Waals surface area contributed by atoms with Gasteiger partial charge in [-0.25, -0.2) is 0 Å². The Kier molecular flexibility index (Phi) is 5.95. The fourth-order valence-electron chi connectivity index (χ4n) is 10.8. The van der Waals surface area contributed by atoms with Crippen molar-refractivity contribution in [3.63, 3.8) is 0 Å². The van der Waals surface area contributed by atoms with Crippen molar-refractivity contribution in [3.8, 4) is 0 Å². The highest BCUT2D eigenvalue weighted by Gasteiger charge is 2.71. The summed E-state index contributed by atoms with van der Waals surface area (Å²) in [4.78, 5) is 12.8. The third-order valence-corrected chi connectivity index (χ3v) is 13.4. The standard InChI is InChI=1S/C30H48O6/c1-25(16-31)10-12-30(24(35)36)13-11-28(4)18(19(30)15-25)14-20(33)23-26(2)8-7-22(34)27(3,17-32)21(26)6-9-29(23,28)5/h14,19-23,31-34H,6-13,15-17H2,1-5H3,(H,35,36). The second-order valence-electron chi connectivity index (χ2n) is 14.8. The van der Waals surface area contributed by atoms with Crippen molar-refractivity contribution in [2.24, 2.45) is 50.2 Å². The Labute approximate surface area is 216 Å². The summed E-state index contributed by atoms with van der Waals surface area (Å²) in [6.45, 7) is 11.0. The Morgan fingerprint density at radius 3 is 2.19 bits per heavy atom. The van der Waals surface area contributed by atoms with Crippen LogP contribution in [0.2, 0.25) is 0 Å². The zero-order chi connectivity index (χ0) is 26.5. The molecule has 6 heteroatoms. The monoisotopic (exact) mass is 504 g/mol. The second kappa shape index (κ2) is 8.03. The maximum Gasteiger partial charge on any atom is 0.310 e. The van der Waals surface area contributed by atoms with E-state index in [9.17, 15) is 30.3 Å². The molecule has 4 fully saturated rings. The molecule has 4 saturated carbocycles. The van der Waals surface area contributed by atoms with E-state index in [0.717, 1.165) is 31.3 Å². The van der Waals surface area contributed by atoms with E-state index in [4.69, 9.17) is 0 Å². The van der Waals surface area contributed by atoms with Crippen LogP contribution in [-0.4, -0.2) is 56.9 Å². The van der Waals surface area contributed by atoms with Crippen molar-refractivity contribution in [3.05, 3.63) is 11.6 Å². The minimum absolute atomic E-state index is 0.0268. The van der Waals surface area contributed by atoms with Gasteiger partial charge in [-0.2, -0.15) is 0 Å². The van der Waals surface area contributed by atoms with Crippen LogP contribution in [0.15, 0.2) is 11.6 Å². The molecule has 0 saturated heterocycles. The maximum absolute atomic E-state index is 12.8. The summed E-state index contributed by atoms with van der Waals surface area (Å²) >= 11 is 0. The van der Waals surface area contributed by atoms with Crippen LogP contribution in [0, 0.1) is 50.2 Å². The number of carboxylic acid groups (broad SMARTS) is 1. The molecule has 5 N–H and O–H groups in total. The quantitative estimate of drug-likeness (QED) is 0.369. The van der Waals surface area contributed by atoms with Crippen LogP contribution in [-0.2, 0) is 4.79 Å². The van der Waals surface area contributed by atoms with Crippen molar-refractivity contribution >= 4 is 5.97 Å². The van der Waals surface area contributed by atoms with Gasteiger partial charge in [0.25, 0.3) is 0 Å². The number of rotatable bonds is 3. The van der Waals surface area contributed by atoms with Crippen molar-refractivity contribution in [1.82, 2.24) is 0 Å². The summed E-state index contributed by atoms with van der Waals surface area (Å²) in [6, 6.07) is 0. The highest BCUT2D eigenvalue weighted by molar-refractivity contribution is 5.76. The molecular formula is C30H48O6. The summed E-state index contributed by atoms with van der Waals surface area (Å²) in [7, 11) is 0. The van der Waals surface area contributed by atoms with Crippen LogP contribution in [0.5, 0.6) is 0 Å². The molecule has 0 aromatic rings. The lowest BCUT2D eigenvalue weighted by atomic mass is 9.33. The average Bonchev–Trinajstić information content (AvgIpc) is 2.82. The molecule has 0 spiro atoms. The molecule has 11 unspecified atom stereocenters. The molecule has 36 heavy (non-hydrogen) atoms. The molecule has 0 aromatic carbocycles. The van der Waals surface area contributed by atoms with Gasteiger partial charge in [-0.3, -0.25) is 4.79 Å². The summed E-state index contributed by atoms with van der Waals surface area (Å²) in [5.41, 5.74) is -1.31. The number of hydrogen-bond acceptors (Lipinski definition) is 5. The fourth-order valence-corrected chi connectivity index (χ4v) is 10.8. The molecule has 0 radical (unpaired) electrons. The smallest absolute Gasteiger partial charge is 0.310 e. The second-order valence-corrected chi connectivity index (χ2v) is 14.8. The van der Waals surface area contributed by atoms with E-state index >= 15 is 0 Å². The number of aliphatic carboxylic acids is 1. The zero-order valence-electron chi connectivity index (χ0n) is 22.9. The Morgan fingerprint density at radius 2 is 1.58 bits per heavy atom. The molecule has 0 bridgehead atoms. The molecule has 5 aliphatic rings. The SMILES string of the molecule is CC1(CO)CCC2(C(=O)O)CCC3(C)C(=CC(O)C4C5(C)CCC(O)C(C)(CO)C5CCC43C)C2C1. The largest absolute Gasteiger partial charge is 0.481 e. The molecule has 6 nitrogen and oxygen atoms in total. The highest BCUT2D eigenvalue weighted by Crippen LogP contribution is 2.75. The van der Waals surface area contributed by atoms with Gasteiger partial charge in [0.05, 0.1) is 24.2 Å². The van der Waals surface area contributed by atoms with Crippen LogP contribution in [0.1, 0.15) is 92.4 Å². The van der Waals surface area contributed by atoms with Crippen molar-refractivity contribution in [1.29, 1.82) is 0 Å². The van der Waals surface area contributed by atoms with E-state index in [1.807, 2.05) is 13.0 Å². The van der Waals surface area contributed by atoms with Gasteiger partial charge in [-0.1, -0.05) is 46.3 Å². The summed E-state index contributed by atoms with van der Waals surface area (Å²) < 4.78 is 0. The van der Waals surface area contributed by atoms with Gasteiger partial charge in [0.2, 0.25) is 0 Å². The van der Waals surface area contributed by atoms with E-state index in [1.165, 1.54) is 0 Å². The number of aliphatic hydroxyl groups excluding tert-OH is 4. The Balaban J connectivity index is 1.64. The maximum atomic E-state index is 12.8. The van der Waals surface area contributed by atoms with Crippen LogP contribution in [0.25, 0.3) is 0 Å². The molecule has 0 heterocycles. The summed E-state index contributed by atoms with van der Waals surface area (Å²) in [5, 5.41) is 54.0. The Morgan fingerprint density at radius 1 is 0.917 bits per heavy atom. The molecular weight excluding hydrogens is 456 g/mol. The Bertz CT molecular complexity index is 963. The van der Waals surface area contributed by atoms with Crippen LogP contribution in [0.4, 0.5) is 0 Å². The molecule has 11 atom stereocenters. The number of allylic oxidation sites excluding steroid dienone is 1. The van der Waals surface area contributed by atoms with Crippen LogP contribution in [0.3, 0.4) is 0 Å². The van der Waals surface area contributed by atoms with E-state index in [1.54, 1.807) is 0 Å². The zero-order valence-corrected chi connectivity index (χ0v) is 22.9. The first-order valence-corrected chi connectivity index (χ1v) is 14.2.